The molecular weight excluding hydrogens is 622 g/mol. The third-order valence-corrected chi connectivity index (χ3v) is 8.83. The van der Waals surface area contributed by atoms with E-state index in [1.54, 1.807) is 7.11 Å². The minimum atomic E-state index is -1.07. The number of hydrogen-bond acceptors (Lipinski definition) is 8. The van der Waals surface area contributed by atoms with Crippen LogP contribution in [0.1, 0.15) is 55.0 Å². The summed E-state index contributed by atoms with van der Waals surface area (Å²) in [7, 11) is 1.65. The highest BCUT2D eigenvalue weighted by molar-refractivity contribution is 6.24. The number of carbonyl (C=O) groups excluding carboxylic acids is 5. The highest BCUT2D eigenvalue weighted by atomic mass is 16.5. The Morgan fingerprint density at radius 2 is 1.53 bits per heavy atom. The lowest BCUT2D eigenvalue weighted by molar-refractivity contribution is -0.136. The summed E-state index contributed by atoms with van der Waals surface area (Å²) in [6.45, 7) is 0.793. The standard InChI is InChI=1S/C38H31N5O6/c1-49-26-13-10-24(11-14-26)31-21-40-34(28-5-3-2-4-27(28)31)39-19-22-6-8-23(9-7-22)20-41-35(45)25-12-15-29-30(18-25)38(48)43(37(29)47)32-16-17-33(44)42-36(32)46/h2-15,18,21,32H,16-17,19-20H2,1H3,(H,39,40)(H,41,45)(H,42,44,46). The topological polar surface area (TPSA) is 147 Å². The van der Waals surface area contributed by atoms with Crippen LogP contribution in [0.5, 0.6) is 5.75 Å². The number of piperidine rings is 1. The molecule has 0 aliphatic carbocycles. The van der Waals surface area contributed by atoms with E-state index in [-0.39, 0.29) is 36.1 Å². The molecule has 0 radical (unpaired) electrons. The van der Waals surface area contributed by atoms with E-state index >= 15 is 0 Å². The van der Waals surface area contributed by atoms with Gasteiger partial charge in [0.1, 0.15) is 17.6 Å². The maximum Gasteiger partial charge on any atom is 0.262 e. The number of carbonyl (C=O) groups is 5. The van der Waals surface area contributed by atoms with Crippen LogP contribution in [0.25, 0.3) is 21.9 Å². The van der Waals surface area contributed by atoms with E-state index in [1.165, 1.54) is 18.2 Å². The normalized spacial score (nSPS) is 15.6. The fourth-order valence-corrected chi connectivity index (χ4v) is 6.19. The Bertz CT molecular complexity index is 2150. The molecule has 2 aliphatic heterocycles. The molecule has 11 nitrogen and oxygen atoms in total. The second kappa shape index (κ2) is 13.0. The molecule has 49 heavy (non-hydrogen) atoms. The number of amides is 5. The predicted molar refractivity (Wildman–Crippen MR) is 182 cm³/mol. The molecule has 244 valence electrons. The SMILES string of the molecule is COc1ccc(-c2cnc(NCc3ccc(CNC(=O)c4ccc5c(c4)C(=O)N(C4CCC(=O)NC4=O)C5=O)cc3)c3ccccc23)cc1. The summed E-state index contributed by atoms with van der Waals surface area (Å²) in [5.41, 5.74) is 4.37. The average molecular weight is 654 g/mol. The summed E-state index contributed by atoms with van der Waals surface area (Å²) in [6.07, 6.45) is 1.97. The number of anilines is 1. The third-order valence-electron chi connectivity index (χ3n) is 8.83. The first kappa shape index (κ1) is 31.3. The van der Waals surface area contributed by atoms with Gasteiger partial charge in [0.2, 0.25) is 11.8 Å². The van der Waals surface area contributed by atoms with E-state index < -0.39 is 35.6 Å². The molecule has 1 fully saturated rings. The monoisotopic (exact) mass is 653 g/mol. The zero-order valence-electron chi connectivity index (χ0n) is 26.5. The van der Waals surface area contributed by atoms with Crippen molar-refractivity contribution in [3.63, 3.8) is 0 Å². The first-order valence-corrected chi connectivity index (χ1v) is 15.8. The highest BCUT2D eigenvalue weighted by Gasteiger charge is 2.44. The molecule has 7 rings (SSSR count). The van der Waals surface area contributed by atoms with Gasteiger partial charge in [-0.2, -0.15) is 0 Å². The van der Waals surface area contributed by atoms with Gasteiger partial charge in [-0.15, -0.1) is 0 Å². The fraction of sp³-hybridized carbons (Fsp3) is 0.158. The molecule has 11 heteroatoms. The zero-order valence-corrected chi connectivity index (χ0v) is 26.5. The van der Waals surface area contributed by atoms with Crippen molar-refractivity contribution in [3.05, 3.63) is 125 Å². The van der Waals surface area contributed by atoms with Gasteiger partial charge >= 0.3 is 0 Å². The van der Waals surface area contributed by atoms with Crippen LogP contribution in [0.3, 0.4) is 0 Å². The number of hydrogen-bond donors (Lipinski definition) is 3. The number of nitrogens with zero attached hydrogens (tertiary/aromatic N) is 2. The maximum atomic E-state index is 13.1. The van der Waals surface area contributed by atoms with Crippen LogP contribution in [0.4, 0.5) is 5.82 Å². The quantitative estimate of drug-likeness (QED) is 0.191. The Morgan fingerprint density at radius 1 is 0.837 bits per heavy atom. The first-order chi connectivity index (χ1) is 23.8. The van der Waals surface area contributed by atoms with Crippen molar-refractivity contribution in [2.24, 2.45) is 0 Å². The Morgan fingerprint density at radius 3 is 2.24 bits per heavy atom. The maximum absolute atomic E-state index is 13.1. The van der Waals surface area contributed by atoms with Crippen LogP contribution in [-0.4, -0.2) is 52.6 Å². The molecule has 0 spiro atoms. The van der Waals surface area contributed by atoms with Gasteiger partial charge in [0.25, 0.3) is 17.7 Å². The van der Waals surface area contributed by atoms with Crippen molar-refractivity contribution >= 4 is 46.1 Å². The zero-order chi connectivity index (χ0) is 34.1. The predicted octanol–water partition coefficient (Wildman–Crippen LogP) is 4.85. The van der Waals surface area contributed by atoms with Gasteiger partial charge in [-0.05, 0) is 58.8 Å². The lowest BCUT2D eigenvalue weighted by Crippen LogP contribution is -2.54. The largest absolute Gasteiger partial charge is 0.497 e. The molecule has 5 aromatic rings. The third kappa shape index (κ3) is 6.09. The number of ether oxygens (including phenoxy) is 1. The molecule has 0 saturated carbocycles. The molecule has 0 bridgehead atoms. The number of nitrogens with one attached hydrogen (secondary N) is 3. The van der Waals surface area contributed by atoms with Crippen molar-refractivity contribution in [3.8, 4) is 16.9 Å². The molecule has 3 heterocycles. The lowest BCUT2D eigenvalue weighted by atomic mass is 10.0. The number of rotatable bonds is 9. The average Bonchev–Trinajstić information content (AvgIpc) is 3.38. The van der Waals surface area contributed by atoms with Crippen molar-refractivity contribution in [2.75, 3.05) is 12.4 Å². The van der Waals surface area contributed by atoms with Gasteiger partial charge in [0.15, 0.2) is 0 Å². The minimum Gasteiger partial charge on any atom is -0.497 e. The second-order valence-corrected chi connectivity index (χ2v) is 11.9. The Kier molecular flexibility index (Phi) is 8.31. The fourth-order valence-electron chi connectivity index (χ4n) is 6.19. The van der Waals surface area contributed by atoms with Gasteiger partial charge in [0, 0.05) is 42.2 Å². The van der Waals surface area contributed by atoms with E-state index in [0.717, 1.165) is 49.5 Å². The van der Waals surface area contributed by atoms with Gasteiger partial charge < -0.3 is 15.4 Å². The molecule has 1 aromatic heterocycles. The molecular formula is C38H31N5O6. The summed E-state index contributed by atoms with van der Waals surface area (Å²) in [5, 5.41) is 10.6. The number of fused-ring (bicyclic) bond motifs is 2. The summed E-state index contributed by atoms with van der Waals surface area (Å²) < 4.78 is 5.30. The Hall–Kier alpha value is -6.36. The van der Waals surface area contributed by atoms with Gasteiger partial charge in [-0.25, -0.2) is 4.98 Å². The number of methoxy groups -OCH3 is 1. The van der Waals surface area contributed by atoms with Crippen LogP contribution in [0, 0.1) is 0 Å². The van der Waals surface area contributed by atoms with E-state index in [1.807, 2.05) is 72.9 Å². The number of imide groups is 2. The van der Waals surface area contributed by atoms with Gasteiger partial charge in [-0.3, -0.25) is 34.2 Å². The number of pyridine rings is 1. The van der Waals surface area contributed by atoms with Crippen LogP contribution in [-0.2, 0) is 22.7 Å². The lowest BCUT2D eigenvalue weighted by Gasteiger charge is -2.27. The highest BCUT2D eigenvalue weighted by Crippen LogP contribution is 2.33. The van der Waals surface area contributed by atoms with E-state index in [9.17, 15) is 24.0 Å². The molecule has 1 unspecified atom stereocenters. The summed E-state index contributed by atoms with van der Waals surface area (Å²) in [4.78, 5) is 68.5. The van der Waals surface area contributed by atoms with Crippen LogP contribution in [0.15, 0.2) is 97.2 Å². The second-order valence-electron chi connectivity index (χ2n) is 11.9. The molecule has 1 saturated heterocycles. The molecule has 4 aromatic carbocycles. The smallest absolute Gasteiger partial charge is 0.262 e. The van der Waals surface area contributed by atoms with Crippen molar-refractivity contribution in [2.45, 2.75) is 32.0 Å². The Labute approximate surface area is 281 Å². The molecule has 2 aliphatic rings. The van der Waals surface area contributed by atoms with Crippen molar-refractivity contribution < 1.29 is 28.7 Å². The Balaban J connectivity index is 0.974. The summed E-state index contributed by atoms with van der Waals surface area (Å²) in [5.74, 6) is -1.25. The molecule has 3 N–H and O–H groups in total. The summed E-state index contributed by atoms with van der Waals surface area (Å²) >= 11 is 0. The van der Waals surface area contributed by atoms with E-state index in [4.69, 9.17) is 9.72 Å². The van der Waals surface area contributed by atoms with Gasteiger partial charge in [0.05, 0.1) is 18.2 Å². The minimum absolute atomic E-state index is 0.0309. The number of benzene rings is 4. The van der Waals surface area contributed by atoms with Crippen LogP contribution < -0.4 is 20.7 Å². The van der Waals surface area contributed by atoms with Crippen LogP contribution >= 0.6 is 0 Å². The van der Waals surface area contributed by atoms with Crippen LogP contribution in [0.2, 0.25) is 0 Å². The number of aromatic nitrogens is 1. The van der Waals surface area contributed by atoms with Gasteiger partial charge in [-0.1, -0.05) is 60.7 Å². The summed E-state index contributed by atoms with van der Waals surface area (Å²) in [6, 6.07) is 27.1. The van der Waals surface area contributed by atoms with E-state index in [2.05, 4.69) is 22.0 Å². The first-order valence-electron chi connectivity index (χ1n) is 15.8. The molecule has 1 atom stereocenters. The van der Waals surface area contributed by atoms with Crippen molar-refractivity contribution in [1.29, 1.82) is 0 Å². The van der Waals surface area contributed by atoms with Crippen molar-refractivity contribution in [1.82, 2.24) is 20.5 Å². The molecule has 5 amide bonds. The van der Waals surface area contributed by atoms with E-state index in [0.29, 0.717) is 6.54 Å².